The van der Waals surface area contributed by atoms with Crippen LogP contribution in [0.1, 0.15) is 36.7 Å². The first kappa shape index (κ1) is 14.8. The number of rotatable bonds is 4. The summed E-state index contributed by atoms with van der Waals surface area (Å²) in [6.07, 6.45) is 0.848. The van der Waals surface area contributed by atoms with Gasteiger partial charge in [-0.25, -0.2) is 0 Å². The zero-order valence-corrected chi connectivity index (χ0v) is 13.2. The molecular formula is C14H22O3Si. The summed E-state index contributed by atoms with van der Waals surface area (Å²) in [4.78, 5) is 11.2. The Morgan fingerprint density at radius 3 is 2.22 bits per heavy atom. The van der Waals surface area contributed by atoms with Gasteiger partial charge in [0.05, 0.1) is 12.7 Å². The summed E-state index contributed by atoms with van der Waals surface area (Å²) in [5.74, 6) is 1.47. The molecule has 0 aromatic heterocycles. The molecule has 0 saturated carbocycles. The van der Waals surface area contributed by atoms with Crippen LogP contribution >= 0.6 is 0 Å². The van der Waals surface area contributed by atoms with E-state index in [1.54, 1.807) is 13.2 Å². The molecule has 4 heteroatoms. The highest BCUT2D eigenvalue weighted by Gasteiger charge is 2.26. The van der Waals surface area contributed by atoms with Crippen LogP contribution in [-0.4, -0.2) is 22.4 Å². The first-order chi connectivity index (χ1) is 8.31. The predicted molar refractivity (Wildman–Crippen MR) is 76.6 cm³/mol. The number of benzene rings is 1. The Bertz CT molecular complexity index is 433. The minimum atomic E-state index is -1.29. The standard InChI is InChI=1S/C14H22O3Si/c1-14(2,3)12-11(16-4)8-7-10(9-15)13(12)17-18(5)6/h7-9,18H,1-6H3. The van der Waals surface area contributed by atoms with Crippen LogP contribution in [0.15, 0.2) is 12.1 Å². The van der Waals surface area contributed by atoms with Crippen molar-refractivity contribution < 1.29 is 14.0 Å². The number of hydrogen-bond acceptors (Lipinski definition) is 3. The van der Waals surface area contributed by atoms with E-state index in [1.165, 1.54) is 0 Å². The Labute approximate surface area is 111 Å². The van der Waals surface area contributed by atoms with Crippen LogP contribution in [0.5, 0.6) is 11.5 Å². The first-order valence-corrected chi connectivity index (χ1v) is 8.92. The fourth-order valence-corrected chi connectivity index (χ4v) is 2.64. The third kappa shape index (κ3) is 3.13. The lowest BCUT2D eigenvalue weighted by Gasteiger charge is -2.27. The third-order valence-electron chi connectivity index (χ3n) is 2.60. The summed E-state index contributed by atoms with van der Waals surface area (Å²) in [7, 11) is 0.355. The van der Waals surface area contributed by atoms with Crippen LogP contribution in [0, 0.1) is 0 Å². The lowest BCUT2D eigenvalue weighted by molar-refractivity contribution is 0.112. The Morgan fingerprint density at radius 2 is 1.83 bits per heavy atom. The summed E-state index contributed by atoms with van der Waals surface area (Å²) in [6.45, 7) is 10.4. The van der Waals surface area contributed by atoms with Crippen molar-refractivity contribution in [3.63, 3.8) is 0 Å². The number of ether oxygens (including phenoxy) is 1. The van der Waals surface area contributed by atoms with Gasteiger partial charge in [-0.3, -0.25) is 4.79 Å². The summed E-state index contributed by atoms with van der Waals surface area (Å²) in [6, 6.07) is 3.59. The Balaban J connectivity index is 3.53. The molecule has 100 valence electrons. The van der Waals surface area contributed by atoms with Crippen molar-refractivity contribution in [3.05, 3.63) is 23.3 Å². The van der Waals surface area contributed by atoms with Crippen molar-refractivity contribution in [2.45, 2.75) is 39.3 Å². The van der Waals surface area contributed by atoms with E-state index in [1.807, 2.05) is 6.07 Å². The van der Waals surface area contributed by atoms with Gasteiger partial charge < -0.3 is 9.16 Å². The van der Waals surface area contributed by atoms with Crippen LogP contribution in [0.3, 0.4) is 0 Å². The van der Waals surface area contributed by atoms with E-state index in [2.05, 4.69) is 33.9 Å². The Hall–Kier alpha value is -1.29. The second-order valence-electron chi connectivity index (χ2n) is 5.60. The lowest BCUT2D eigenvalue weighted by Crippen LogP contribution is -2.20. The molecule has 0 bridgehead atoms. The van der Waals surface area contributed by atoms with E-state index in [9.17, 15) is 4.79 Å². The van der Waals surface area contributed by atoms with Gasteiger partial charge in [0.25, 0.3) is 0 Å². The maximum atomic E-state index is 11.2. The maximum absolute atomic E-state index is 11.2. The molecule has 0 saturated heterocycles. The minimum Gasteiger partial charge on any atom is -0.546 e. The molecule has 1 aromatic rings. The highest BCUT2D eigenvalue weighted by Crippen LogP contribution is 2.40. The van der Waals surface area contributed by atoms with E-state index < -0.39 is 9.04 Å². The Morgan fingerprint density at radius 1 is 1.22 bits per heavy atom. The molecule has 0 heterocycles. The number of carbonyl (C=O) groups excluding carboxylic acids is 1. The molecule has 1 rings (SSSR count). The SMILES string of the molecule is COc1ccc(C=O)c(O[SiH](C)C)c1C(C)(C)C. The van der Waals surface area contributed by atoms with Crippen LogP contribution in [0.4, 0.5) is 0 Å². The highest BCUT2D eigenvalue weighted by molar-refractivity contribution is 6.49. The van der Waals surface area contributed by atoms with Gasteiger partial charge in [0.2, 0.25) is 9.04 Å². The molecule has 3 nitrogen and oxygen atoms in total. The zero-order valence-electron chi connectivity index (χ0n) is 12.0. The second-order valence-corrected chi connectivity index (χ2v) is 7.93. The first-order valence-electron chi connectivity index (χ1n) is 6.14. The van der Waals surface area contributed by atoms with Gasteiger partial charge in [-0.1, -0.05) is 20.8 Å². The zero-order chi connectivity index (χ0) is 13.9. The molecule has 0 spiro atoms. The molecule has 18 heavy (non-hydrogen) atoms. The minimum absolute atomic E-state index is 0.136. The van der Waals surface area contributed by atoms with E-state index in [0.29, 0.717) is 11.3 Å². The van der Waals surface area contributed by atoms with E-state index in [4.69, 9.17) is 9.16 Å². The number of hydrogen-bond donors (Lipinski definition) is 0. The smallest absolute Gasteiger partial charge is 0.229 e. The molecule has 0 unspecified atom stereocenters. The van der Waals surface area contributed by atoms with Crippen LogP contribution < -0.4 is 9.16 Å². The second kappa shape index (κ2) is 5.57. The molecule has 0 amide bonds. The number of methoxy groups -OCH3 is 1. The molecule has 1 aromatic carbocycles. The number of carbonyl (C=O) groups is 1. The Kier molecular flexibility index (Phi) is 4.57. The molecule has 0 aliphatic carbocycles. The quantitative estimate of drug-likeness (QED) is 0.620. The molecule has 0 radical (unpaired) electrons. The molecule has 0 fully saturated rings. The monoisotopic (exact) mass is 266 g/mol. The van der Waals surface area contributed by atoms with Gasteiger partial charge in [-0.2, -0.15) is 0 Å². The summed E-state index contributed by atoms with van der Waals surface area (Å²) in [5, 5.41) is 0. The van der Waals surface area contributed by atoms with Crippen LogP contribution in [0.25, 0.3) is 0 Å². The lowest BCUT2D eigenvalue weighted by atomic mass is 9.84. The normalized spacial score (nSPS) is 11.5. The largest absolute Gasteiger partial charge is 0.546 e. The van der Waals surface area contributed by atoms with Crippen molar-refractivity contribution in [2.24, 2.45) is 0 Å². The average Bonchev–Trinajstić information content (AvgIpc) is 2.25. The molecular weight excluding hydrogens is 244 g/mol. The molecule has 0 aliphatic heterocycles. The maximum Gasteiger partial charge on any atom is 0.229 e. The van der Waals surface area contributed by atoms with Crippen molar-refractivity contribution in [1.82, 2.24) is 0 Å². The van der Waals surface area contributed by atoms with Crippen molar-refractivity contribution in [3.8, 4) is 11.5 Å². The average molecular weight is 266 g/mol. The van der Waals surface area contributed by atoms with Crippen molar-refractivity contribution >= 4 is 15.3 Å². The van der Waals surface area contributed by atoms with Crippen molar-refractivity contribution in [1.29, 1.82) is 0 Å². The van der Waals surface area contributed by atoms with Gasteiger partial charge in [-0.05, 0) is 30.6 Å². The van der Waals surface area contributed by atoms with Crippen molar-refractivity contribution in [2.75, 3.05) is 7.11 Å². The van der Waals surface area contributed by atoms with Gasteiger partial charge in [0.15, 0.2) is 6.29 Å². The fraction of sp³-hybridized carbons (Fsp3) is 0.500. The van der Waals surface area contributed by atoms with Gasteiger partial charge >= 0.3 is 0 Å². The number of aldehydes is 1. The summed E-state index contributed by atoms with van der Waals surface area (Å²) in [5.41, 5.74) is 1.43. The highest BCUT2D eigenvalue weighted by atomic mass is 28.3. The van der Waals surface area contributed by atoms with Crippen LogP contribution in [0.2, 0.25) is 13.1 Å². The topological polar surface area (TPSA) is 35.5 Å². The third-order valence-corrected chi connectivity index (χ3v) is 3.31. The van der Waals surface area contributed by atoms with Gasteiger partial charge in [0, 0.05) is 5.56 Å². The molecule has 0 atom stereocenters. The summed E-state index contributed by atoms with van der Waals surface area (Å²) < 4.78 is 11.4. The molecule has 0 N–H and O–H groups in total. The van der Waals surface area contributed by atoms with Crippen LogP contribution in [-0.2, 0) is 5.41 Å². The van der Waals surface area contributed by atoms with E-state index >= 15 is 0 Å². The van der Waals surface area contributed by atoms with Gasteiger partial charge in [0.1, 0.15) is 11.5 Å². The molecule has 0 aliphatic rings. The van der Waals surface area contributed by atoms with Gasteiger partial charge in [-0.15, -0.1) is 0 Å². The van der Waals surface area contributed by atoms with E-state index in [0.717, 1.165) is 17.6 Å². The summed E-state index contributed by atoms with van der Waals surface area (Å²) >= 11 is 0. The predicted octanol–water partition coefficient (Wildman–Crippen LogP) is 3.17. The van der Waals surface area contributed by atoms with E-state index in [-0.39, 0.29) is 5.41 Å². The fourth-order valence-electron chi connectivity index (χ4n) is 1.92.